The molecule has 0 saturated heterocycles. The lowest BCUT2D eigenvalue weighted by molar-refractivity contribution is 0.106. The number of methoxy groups -OCH3 is 1. The van der Waals surface area contributed by atoms with Gasteiger partial charge in [-0.15, -0.1) is 0 Å². The Bertz CT molecular complexity index is 610. The summed E-state index contributed by atoms with van der Waals surface area (Å²) in [4.78, 5) is 8.70. The van der Waals surface area contributed by atoms with Gasteiger partial charge in [-0.25, -0.2) is 9.98 Å². The number of nitrogens with one attached hydrogen (secondary N) is 2. The van der Waals surface area contributed by atoms with Crippen LogP contribution in [0.15, 0.2) is 41.7 Å². The highest BCUT2D eigenvalue weighted by Gasteiger charge is 2.10. The molecular formula is C16H24N6O. The number of hydrogen-bond donors (Lipinski definition) is 2. The topological polar surface area (TPSA) is 76.4 Å². The molecule has 0 fully saturated rings. The summed E-state index contributed by atoms with van der Waals surface area (Å²) in [6.45, 7) is 3.91. The van der Waals surface area contributed by atoms with E-state index in [1.165, 1.54) is 6.33 Å². The van der Waals surface area contributed by atoms with Crippen LogP contribution in [0.3, 0.4) is 0 Å². The molecule has 1 aromatic carbocycles. The average molecular weight is 316 g/mol. The normalized spacial score (nSPS) is 12.9. The summed E-state index contributed by atoms with van der Waals surface area (Å²) in [6.07, 6.45) is 1.50. The van der Waals surface area contributed by atoms with Gasteiger partial charge in [0, 0.05) is 27.2 Å². The molecule has 1 atom stereocenters. The number of hydrogen-bond acceptors (Lipinski definition) is 4. The molecule has 0 aliphatic heterocycles. The fraction of sp³-hybridized carbons (Fsp3) is 0.438. The molecule has 0 aliphatic carbocycles. The van der Waals surface area contributed by atoms with Gasteiger partial charge in [0.15, 0.2) is 5.96 Å². The highest BCUT2D eigenvalue weighted by Crippen LogP contribution is 2.14. The Morgan fingerprint density at radius 2 is 2.09 bits per heavy atom. The van der Waals surface area contributed by atoms with Crippen LogP contribution in [0.5, 0.6) is 0 Å². The first-order valence-electron chi connectivity index (χ1n) is 7.67. The van der Waals surface area contributed by atoms with Crippen LogP contribution in [0.2, 0.25) is 0 Å². The molecule has 7 nitrogen and oxygen atoms in total. The van der Waals surface area contributed by atoms with E-state index in [-0.39, 0.29) is 6.10 Å². The van der Waals surface area contributed by atoms with E-state index in [9.17, 15) is 0 Å². The highest BCUT2D eigenvalue weighted by atomic mass is 16.5. The first kappa shape index (κ1) is 17.0. The molecule has 0 bridgehead atoms. The van der Waals surface area contributed by atoms with Crippen LogP contribution >= 0.6 is 0 Å². The van der Waals surface area contributed by atoms with E-state index in [1.54, 1.807) is 11.8 Å². The monoisotopic (exact) mass is 316 g/mol. The molecular weight excluding hydrogens is 292 g/mol. The molecule has 0 amide bonds. The Labute approximate surface area is 136 Å². The van der Waals surface area contributed by atoms with Gasteiger partial charge in [0.25, 0.3) is 0 Å². The molecule has 0 spiro atoms. The summed E-state index contributed by atoms with van der Waals surface area (Å²) in [5.74, 6) is 1.54. The molecule has 0 radical (unpaired) electrons. The van der Waals surface area contributed by atoms with Crippen LogP contribution in [-0.4, -0.2) is 40.9 Å². The van der Waals surface area contributed by atoms with Gasteiger partial charge in [-0.1, -0.05) is 30.3 Å². The van der Waals surface area contributed by atoms with Crippen molar-refractivity contribution >= 4 is 5.96 Å². The van der Waals surface area contributed by atoms with Crippen molar-refractivity contribution in [2.24, 2.45) is 12.0 Å². The number of ether oxygens (including phenoxy) is 1. The van der Waals surface area contributed by atoms with E-state index < -0.39 is 0 Å². The van der Waals surface area contributed by atoms with Crippen molar-refractivity contribution in [3.8, 4) is 0 Å². The van der Waals surface area contributed by atoms with Gasteiger partial charge >= 0.3 is 0 Å². The molecule has 23 heavy (non-hydrogen) atoms. The maximum absolute atomic E-state index is 5.56. The number of nitrogens with zero attached hydrogens (tertiary/aromatic N) is 4. The first-order chi connectivity index (χ1) is 11.2. The number of rotatable bonds is 7. The summed E-state index contributed by atoms with van der Waals surface area (Å²) in [7, 11) is 3.57. The van der Waals surface area contributed by atoms with Crippen LogP contribution in [0.25, 0.3) is 0 Å². The summed E-state index contributed by atoms with van der Waals surface area (Å²) in [5, 5.41) is 10.6. The predicted octanol–water partition coefficient (Wildman–Crippen LogP) is 1.26. The Morgan fingerprint density at radius 3 is 2.70 bits per heavy atom. The molecule has 2 N–H and O–H groups in total. The Kier molecular flexibility index (Phi) is 6.56. The Balaban J connectivity index is 1.97. The maximum atomic E-state index is 5.56. The zero-order valence-corrected chi connectivity index (χ0v) is 13.9. The van der Waals surface area contributed by atoms with Gasteiger partial charge in [0.2, 0.25) is 0 Å². The third-order valence-electron chi connectivity index (χ3n) is 3.44. The number of aliphatic imine (C=N–C) groups is 1. The van der Waals surface area contributed by atoms with Crippen molar-refractivity contribution in [2.45, 2.75) is 19.6 Å². The molecule has 0 aliphatic rings. The van der Waals surface area contributed by atoms with Crippen molar-refractivity contribution < 1.29 is 4.74 Å². The number of benzene rings is 1. The smallest absolute Gasteiger partial charge is 0.191 e. The van der Waals surface area contributed by atoms with Crippen molar-refractivity contribution in [2.75, 3.05) is 20.2 Å². The molecule has 2 rings (SSSR count). The van der Waals surface area contributed by atoms with Gasteiger partial charge in [-0.3, -0.25) is 4.68 Å². The van der Waals surface area contributed by atoms with Gasteiger partial charge in [-0.05, 0) is 12.5 Å². The molecule has 7 heteroatoms. The van der Waals surface area contributed by atoms with E-state index in [0.717, 1.165) is 23.9 Å². The fourth-order valence-corrected chi connectivity index (χ4v) is 2.15. The molecule has 2 aromatic rings. The van der Waals surface area contributed by atoms with Gasteiger partial charge in [0.05, 0.1) is 6.10 Å². The second-order valence-electron chi connectivity index (χ2n) is 5.01. The van der Waals surface area contributed by atoms with Crippen molar-refractivity contribution in [1.29, 1.82) is 0 Å². The maximum Gasteiger partial charge on any atom is 0.191 e. The number of guanidine groups is 1. The Morgan fingerprint density at radius 1 is 1.30 bits per heavy atom. The minimum atomic E-state index is -0.0325. The van der Waals surface area contributed by atoms with Gasteiger partial charge < -0.3 is 15.4 Å². The third-order valence-corrected chi connectivity index (χ3v) is 3.44. The highest BCUT2D eigenvalue weighted by molar-refractivity contribution is 5.79. The molecule has 1 aromatic heterocycles. The zero-order valence-electron chi connectivity index (χ0n) is 13.9. The van der Waals surface area contributed by atoms with Crippen LogP contribution in [-0.2, 0) is 18.3 Å². The molecule has 1 unspecified atom stereocenters. The predicted molar refractivity (Wildman–Crippen MR) is 90.0 cm³/mol. The van der Waals surface area contributed by atoms with E-state index in [0.29, 0.717) is 13.1 Å². The summed E-state index contributed by atoms with van der Waals surface area (Å²) >= 11 is 0. The van der Waals surface area contributed by atoms with Crippen LogP contribution in [0, 0.1) is 0 Å². The second kappa shape index (κ2) is 8.89. The first-order valence-corrected chi connectivity index (χ1v) is 7.67. The lowest BCUT2D eigenvalue weighted by Gasteiger charge is -2.18. The number of aryl methyl sites for hydroxylation is 1. The SMILES string of the molecule is CCNC(=NCc1ncnn1C)NCC(OC)c1ccccc1. The molecule has 1 heterocycles. The summed E-state index contributed by atoms with van der Waals surface area (Å²) < 4.78 is 7.28. The van der Waals surface area contributed by atoms with Gasteiger partial charge in [-0.2, -0.15) is 5.10 Å². The summed E-state index contributed by atoms with van der Waals surface area (Å²) in [5.41, 5.74) is 1.13. The molecule has 124 valence electrons. The van der Waals surface area contributed by atoms with Crippen molar-refractivity contribution in [1.82, 2.24) is 25.4 Å². The second-order valence-corrected chi connectivity index (χ2v) is 5.01. The van der Waals surface area contributed by atoms with Gasteiger partial charge in [0.1, 0.15) is 18.7 Å². The largest absolute Gasteiger partial charge is 0.375 e. The average Bonchev–Trinajstić information content (AvgIpc) is 2.99. The van der Waals surface area contributed by atoms with Crippen LogP contribution in [0.1, 0.15) is 24.4 Å². The van der Waals surface area contributed by atoms with E-state index >= 15 is 0 Å². The quantitative estimate of drug-likeness (QED) is 0.594. The zero-order chi connectivity index (χ0) is 16.5. The fourth-order valence-electron chi connectivity index (χ4n) is 2.15. The molecule has 0 saturated carbocycles. The van der Waals surface area contributed by atoms with Crippen LogP contribution < -0.4 is 10.6 Å². The van der Waals surface area contributed by atoms with E-state index in [2.05, 4.69) is 37.8 Å². The van der Waals surface area contributed by atoms with Crippen molar-refractivity contribution in [3.63, 3.8) is 0 Å². The Hall–Kier alpha value is -2.41. The lowest BCUT2D eigenvalue weighted by Crippen LogP contribution is -2.39. The lowest BCUT2D eigenvalue weighted by atomic mass is 10.1. The summed E-state index contributed by atoms with van der Waals surface area (Å²) in [6, 6.07) is 10.1. The minimum absolute atomic E-state index is 0.0325. The van der Waals surface area contributed by atoms with Crippen molar-refractivity contribution in [3.05, 3.63) is 48.0 Å². The number of aromatic nitrogens is 3. The third kappa shape index (κ3) is 5.07. The van der Waals surface area contributed by atoms with E-state index in [1.807, 2.05) is 32.2 Å². The van der Waals surface area contributed by atoms with E-state index in [4.69, 9.17) is 4.74 Å². The standard InChI is InChI=1S/C16H24N6O/c1-4-17-16(19-11-15-20-12-21-22(15)2)18-10-14(23-3)13-8-6-5-7-9-13/h5-9,12,14H,4,10-11H2,1-3H3,(H2,17,18,19). The van der Waals surface area contributed by atoms with Crippen LogP contribution in [0.4, 0.5) is 0 Å². The minimum Gasteiger partial charge on any atom is -0.375 e.